The molecule has 5 heteroatoms. The van der Waals surface area contributed by atoms with Crippen molar-refractivity contribution in [2.45, 2.75) is 38.7 Å². The van der Waals surface area contributed by atoms with Crippen LogP contribution in [0.4, 0.5) is 5.69 Å². The fourth-order valence-corrected chi connectivity index (χ4v) is 2.79. The first-order valence-corrected chi connectivity index (χ1v) is 7.65. The van der Waals surface area contributed by atoms with Crippen molar-refractivity contribution in [3.05, 3.63) is 28.8 Å². The normalized spacial score (nSPS) is 14.6. The van der Waals surface area contributed by atoms with Crippen LogP contribution in [0.15, 0.2) is 12.1 Å². The van der Waals surface area contributed by atoms with E-state index in [0.29, 0.717) is 18.7 Å². The molecule has 0 spiro atoms. The van der Waals surface area contributed by atoms with Gasteiger partial charge in [0.05, 0.1) is 25.3 Å². The Bertz CT molecular complexity index is 578. The molecule has 0 heterocycles. The van der Waals surface area contributed by atoms with Crippen LogP contribution < -0.4 is 5.32 Å². The van der Waals surface area contributed by atoms with E-state index >= 15 is 0 Å². The summed E-state index contributed by atoms with van der Waals surface area (Å²) in [6, 6.07) is 5.80. The number of methoxy groups -OCH3 is 1. The van der Waals surface area contributed by atoms with Gasteiger partial charge in [-0.05, 0) is 55.9 Å². The van der Waals surface area contributed by atoms with E-state index in [1.165, 1.54) is 12.7 Å². The maximum atomic E-state index is 11.9. The summed E-state index contributed by atoms with van der Waals surface area (Å²) in [5, 5.41) is 12.0. The number of rotatable bonds is 6. The van der Waals surface area contributed by atoms with E-state index in [1.807, 2.05) is 18.2 Å². The first kappa shape index (κ1) is 16.3. The van der Waals surface area contributed by atoms with E-state index in [4.69, 9.17) is 14.7 Å². The van der Waals surface area contributed by atoms with Crippen molar-refractivity contribution in [3.63, 3.8) is 0 Å². The van der Waals surface area contributed by atoms with Gasteiger partial charge in [0.2, 0.25) is 0 Å². The Labute approximate surface area is 131 Å². The molecule has 0 aliphatic heterocycles. The third-order valence-electron chi connectivity index (χ3n) is 3.91. The van der Waals surface area contributed by atoms with Crippen molar-refractivity contribution in [2.75, 3.05) is 25.6 Å². The average Bonchev–Trinajstić information content (AvgIpc) is 2.57. The summed E-state index contributed by atoms with van der Waals surface area (Å²) in [6.45, 7) is 2.84. The van der Waals surface area contributed by atoms with Crippen molar-refractivity contribution in [2.24, 2.45) is 0 Å². The second-order valence-corrected chi connectivity index (χ2v) is 5.39. The van der Waals surface area contributed by atoms with Crippen molar-refractivity contribution < 1.29 is 14.3 Å². The fraction of sp³-hybridized carbons (Fsp3) is 0.529. The number of carbonyl (C=O) groups is 1. The summed E-state index contributed by atoms with van der Waals surface area (Å²) in [5.41, 5.74) is 4.05. The number of nitriles is 1. The molecular weight excluding hydrogens is 280 g/mol. The minimum atomic E-state index is -0.391. The zero-order valence-corrected chi connectivity index (χ0v) is 13.1. The third-order valence-corrected chi connectivity index (χ3v) is 3.91. The summed E-state index contributed by atoms with van der Waals surface area (Å²) in [7, 11) is 1.41. The molecule has 0 aromatic heterocycles. The molecule has 1 atom stereocenters. The van der Waals surface area contributed by atoms with Gasteiger partial charge in [-0.25, -0.2) is 4.79 Å². The van der Waals surface area contributed by atoms with E-state index in [9.17, 15) is 4.79 Å². The number of benzene rings is 1. The Balaban J connectivity index is 2.09. The van der Waals surface area contributed by atoms with Gasteiger partial charge in [0.25, 0.3) is 0 Å². The zero-order valence-electron chi connectivity index (χ0n) is 13.1. The first-order valence-electron chi connectivity index (χ1n) is 7.65. The smallest absolute Gasteiger partial charge is 0.338 e. The molecule has 1 aliphatic carbocycles. The molecule has 0 saturated carbocycles. The van der Waals surface area contributed by atoms with Crippen LogP contribution in [0.1, 0.15) is 41.3 Å². The minimum Gasteiger partial charge on any atom is -0.465 e. The lowest BCUT2D eigenvalue weighted by Gasteiger charge is -2.22. The van der Waals surface area contributed by atoms with E-state index in [-0.39, 0.29) is 5.97 Å². The number of ether oxygens (including phenoxy) is 2. The van der Waals surface area contributed by atoms with E-state index in [1.54, 1.807) is 6.92 Å². The highest BCUT2D eigenvalue weighted by molar-refractivity contribution is 5.92. The van der Waals surface area contributed by atoms with Crippen LogP contribution >= 0.6 is 0 Å². The van der Waals surface area contributed by atoms with Crippen LogP contribution in [0, 0.1) is 11.3 Å². The lowest BCUT2D eigenvalue weighted by Crippen LogP contribution is -2.18. The standard InChI is InChI=1S/C17H22N2O3/c1-12(11-18)22-10-9-19-16-8-7-15(17(20)21-2)13-5-3-4-6-14(13)16/h7-8,12,19H,3-6,9-10H2,1-2H3. The second kappa shape index (κ2) is 7.81. The van der Waals surface area contributed by atoms with Gasteiger partial charge in [-0.1, -0.05) is 0 Å². The highest BCUT2D eigenvalue weighted by Crippen LogP contribution is 2.31. The summed E-state index contributed by atoms with van der Waals surface area (Å²) in [5.74, 6) is -0.268. The number of carbonyl (C=O) groups excluding carboxylic acids is 1. The monoisotopic (exact) mass is 302 g/mol. The predicted molar refractivity (Wildman–Crippen MR) is 83.9 cm³/mol. The number of anilines is 1. The number of esters is 1. The van der Waals surface area contributed by atoms with Gasteiger partial charge in [0.15, 0.2) is 0 Å². The minimum absolute atomic E-state index is 0.268. The molecule has 0 radical (unpaired) electrons. The molecule has 1 aromatic carbocycles. The first-order chi connectivity index (χ1) is 10.7. The van der Waals surface area contributed by atoms with Gasteiger partial charge in [-0.3, -0.25) is 0 Å². The summed E-state index contributed by atoms with van der Waals surface area (Å²) >= 11 is 0. The lowest BCUT2D eigenvalue weighted by atomic mass is 9.87. The topological polar surface area (TPSA) is 71.3 Å². The predicted octanol–water partition coefficient (Wildman–Crippen LogP) is 2.69. The highest BCUT2D eigenvalue weighted by Gasteiger charge is 2.20. The van der Waals surface area contributed by atoms with Gasteiger partial charge < -0.3 is 14.8 Å². The van der Waals surface area contributed by atoms with Gasteiger partial charge in [-0.15, -0.1) is 0 Å². The van der Waals surface area contributed by atoms with Crippen molar-refractivity contribution >= 4 is 11.7 Å². The van der Waals surface area contributed by atoms with Crippen LogP contribution in [0.3, 0.4) is 0 Å². The van der Waals surface area contributed by atoms with E-state index in [2.05, 4.69) is 5.32 Å². The molecule has 1 unspecified atom stereocenters. The Morgan fingerprint density at radius 2 is 2.09 bits per heavy atom. The maximum absolute atomic E-state index is 11.9. The highest BCUT2D eigenvalue weighted by atomic mass is 16.5. The SMILES string of the molecule is COC(=O)c1ccc(NCCOC(C)C#N)c2c1CCCC2. The van der Waals surface area contributed by atoms with Crippen molar-refractivity contribution in [3.8, 4) is 6.07 Å². The third kappa shape index (κ3) is 3.77. The average molecular weight is 302 g/mol. The van der Waals surface area contributed by atoms with Crippen LogP contribution in [0.5, 0.6) is 0 Å². The van der Waals surface area contributed by atoms with Gasteiger partial charge in [-0.2, -0.15) is 5.26 Å². The largest absolute Gasteiger partial charge is 0.465 e. The summed E-state index contributed by atoms with van der Waals surface area (Å²) in [4.78, 5) is 11.9. The second-order valence-electron chi connectivity index (χ2n) is 5.39. The van der Waals surface area contributed by atoms with E-state index < -0.39 is 6.10 Å². The number of nitrogens with one attached hydrogen (secondary N) is 1. The molecule has 0 bridgehead atoms. The summed E-state index contributed by atoms with van der Waals surface area (Å²) < 4.78 is 10.2. The molecule has 0 amide bonds. The van der Waals surface area contributed by atoms with Gasteiger partial charge in [0.1, 0.15) is 6.10 Å². The molecule has 0 saturated heterocycles. The van der Waals surface area contributed by atoms with E-state index in [0.717, 1.165) is 36.9 Å². The number of hydrogen-bond acceptors (Lipinski definition) is 5. The fourth-order valence-electron chi connectivity index (χ4n) is 2.79. The van der Waals surface area contributed by atoms with Crippen molar-refractivity contribution in [1.82, 2.24) is 0 Å². The molecule has 1 aromatic rings. The van der Waals surface area contributed by atoms with Crippen LogP contribution in [-0.2, 0) is 22.3 Å². The maximum Gasteiger partial charge on any atom is 0.338 e. The molecule has 22 heavy (non-hydrogen) atoms. The van der Waals surface area contributed by atoms with Crippen LogP contribution in [-0.4, -0.2) is 32.3 Å². The summed E-state index contributed by atoms with van der Waals surface area (Å²) in [6.07, 6.45) is 3.73. The Hall–Kier alpha value is -2.06. The number of hydrogen-bond donors (Lipinski definition) is 1. The van der Waals surface area contributed by atoms with Gasteiger partial charge >= 0.3 is 5.97 Å². The van der Waals surface area contributed by atoms with Gasteiger partial charge in [0, 0.05) is 12.2 Å². The lowest BCUT2D eigenvalue weighted by molar-refractivity contribution is 0.0599. The number of nitrogens with zero attached hydrogens (tertiary/aromatic N) is 1. The Morgan fingerprint density at radius 3 is 2.77 bits per heavy atom. The van der Waals surface area contributed by atoms with Crippen LogP contribution in [0.25, 0.3) is 0 Å². The molecule has 1 aliphatic rings. The van der Waals surface area contributed by atoms with Crippen molar-refractivity contribution in [1.29, 1.82) is 5.26 Å². The number of fused-ring (bicyclic) bond motifs is 1. The Morgan fingerprint density at radius 1 is 1.36 bits per heavy atom. The molecule has 2 rings (SSSR count). The molecule has 0 fully saturated rings. The Kier molecular flexibility index (Phi) is 5.79. The molecular formula is C17H22N2O3. The molecule has 5 nitrogen and oxygen atoms in total. The van der Waals surface area contributed by atoms with Crippen LogP contribution in [0.2, 0.25) is 0 Å². The quantitative estimate of drug-likeness (QED) is 0.646. The molecule has 118 valence electrons. The zero-order chi connectivity index (χ0) is 15.9. The molecule has 1 N–H and O–H groups in total.